The van der Waals surface area contributed by atoms with Crippen LogP contribution in [0.5, 0.6) is 11.5 Å². The lowest BCUT2D eigenvalue weighted by Gasteiger charge is -2.12. The summed E-state index contributed by atoms with van der Waals surface area (Å²) in [7, 11) is 0. The van der Waals surface area contributed by atoms with Crippen molar-refractivity contribution in [3.05, 3.63) is 66.7 Å². The summed E-state index contributed by atoms with van der Waals surface area (Å²) in [5.74, 6) is -1.15. The Morgan fingerprint density at radius 3 is 2.41 bits per heavy atom. The molecule has 0 saturated carbocycles. The fourth-order valence-electron chi connectivity index (χ4n) is 2.54. The van der Waals surface area contributed by atoms with Crippen LogP contribution < -0.4 is 14.8 Å². The summed E-state index contributed by atoms with van der Waals surface area (Å²) in [6, 6.07) is 18.8. The normalized spacial score (nSPS) is 10.6. The second-order valence-electron chi connectivity index (χ2n) is 5.88. The van der Waals surface area contributed by atoms with Crippen molar-refractivity contribution in [2.75, 3.05) is 18.5 Å². The topological polar surface area (TPSA) is 73.9 Å². The van der Waals surface area contributed by atoms with Gasteiger partial charge in [0.2, 0.25) is 0 Å². The summed E-state index contributed by atoms with van der Waals surface area (Å²) in [6.45, 7) is -4.00. The van der Waals surface area contributed by atoms with Gasteiger partial charge in [0, 0.05) is 0 Å². The third-order valence-electron chi connectivity index (χ3n) is 3.82. The Morgan fingerprint density at radius 1 is 0.897 bits per heavy atom. The summed E-state index contributed by atoms with van der Waals surface area (Å²) in [4.78, 5) is 23.7. The van der Waals surface area contributed by atoms with Gasteiger partial charge in [-0.2, -0.15) is 8.78 Å². The van der Waals surface area contributed by atoms with E-state index in [1.54, 1.807) is 12.1 Å². The van der Waals surface area contributed by atoms with Crippen LogP contribution >= 0.6 is 0 Å². The summed E-state index contributed by atoms with van der Waals surface area (Å²) in [5.41, 5.74) is 0.0428. The molecular weight excluding hydrogens is 384 g/mol. The SMILES string of the molecule is O=C(COC(=O)COc1ccc2ccccc2c1)Nc1ccccc1OC(F)F. The van der Waals surface area contributed by atoms with Gasteiger partial charge in [-0.15, -0.1) is 0 Å². The lowest BCUT2D eigenvalue weighted by atomic mass is 10.1. The Labute approximate surface area is 165 Å². The molecule has 0 spiro atoms. The van der Waals surface area contributed by atoms with E-state index in [0.29, 0.717) is 5.75 Å². The summed E-state index contributed by atoms with van der Waals surface area (Å²) < 4.78 is 39.3. The minimum atomic E-state index is -3.03. The molecule has 3 rings (SSSR count). The highest BCUT2D eigenvalue weighted by atomic mass is 19.3. The highest BCUT2D eigenvalue weighted by Crippen LogP contribution is 2.25. The quantitative estimate of drug-likeness (QED) is 0.578. The number of benzene rings is 3. The molecule has 0 aliphatic heterocycles. The Balaban J connectivity index is 1.47. The van der Waals surface area contributed by atoms with E-state index in [2.05, 4.69) is 10.1 Å². The molecule has 8 heteroatoms. The molecule has 1 amide bonds. The minimum absolute atomic E-state index is 0.0428. The maximum absolute atomic E-state index is 12.4. The zero-order valence-electron chi connectivity index (χ0n) is 15.1. The Morgan fingerprint density at radius 2 is 1.62 bits per heavy atom. The van der Waals surface area contributed by atoms with Crippen LogP contribution in [0.2, 0.25) is 0 Å². The number of fused-ring (bicyclic) bond motifs is 1. The Kier molecular flexibility index (Phi) is 6.57. The highest BCUT2D eigenvalue weighted by Gasteiger charge is 2.13. The molecule has 0 saturated heterocycles. The Hall–Kier alpha value is -3.68. The molecular formula is C21H17F2NO5. The number of para-hydroxylation sites is 2. The molecule has 0 bridgehead atoms. The molecule has 29 heavy (non-hydrogen) atoms. The number of esters is 1. The van der Waals surface area contributed by atoms with Crippen LogP contribution in [0.4, 0.5) is 14.5 Å². The second-order valence-corrected chi connectivity index (χ2v) is 5.88. The summed E-state index contributed by atoms with van der Waals surface area (Å²) in [5, 5.41) is 4.35. The maximum atomic E-state index is 12.4. The minimum Gasteiger partial charge on any atom is -0.482 e. The van der Waals surface area contributed by atoms with Crippen LogP contribution in [0.15, 0.2) is 66.7 Å². The predicted octanol–water partition coefficient (Wildman–Crippen LogP) is 4.00. The van der Waals surface area contributed by atoms with E-state index in [1.165, 1.54) is 24.3 Å². The van der Waals surface area contributed by atoms with Gasteiger partial charge in [0.15, 0.2) is 13.2 Å². The first-order valence-electron chi connectivity index (χ1n) is 8.62. The average molecular weight is 401 g/mol. The number of hydrogen-bond acceptors (Lipinski definition) is 5. The van der Waals surface area contributed by atoms with Gasteiger partial charge in [0.1, 0.15) is 11.5 Å². The van der Waals surface area contributed by atoms with Gasteiger partial charge >= 0.3 is 12.6 Å². The van der Waals surface area contributed by atoms with Gasteiger partial charge < -0.3 is 19.5 Å². The molecule has 0 fully saturated rings. The third-order valence-corrected chi connectivity index (χ3v) is 3.82. The number of carbonyl (C=O) groups is 2. The first kappa shape index (κ1) is 20.1. The number of alkyl halides is 2. The van der Waals surface area contributed by atoms with Gasteiger partial charge in [-0.1, -0.05) is 42.5 Å². The van der Waals surface area contributed by atoms with E-state index in [9.17, 15) is 18.4 Å². The lowest BCUT2D eigenvalue weighted by Crippen LogP contribution is -2.24. The van der Waals surface area contributed by atoms with E-state index < -0.39 is 25.1 Å². The summed E-state index contributed by atoms with van der Waals surface area (Å²) in [6.07, 6.45) is 0. The highest BCUT2D eigenvalue weighted by molar-refractivity contribution is 5.94. The molecule has 6 nitrogen and oxygen atoms in total. The van der Waals surface area contributed by atoms with Gasteiger partial charge in [-0.05, 0) is 35.0 Å². The number of halogens is 2. The molecule has 150 valence electrons. The number of carbonyl (C=O) groups excluding carboxylic acids is 2. The first-order chi connectivity index (χ1) is 14.0. The van der Waals surface area contributed by atoms with Crippen molar-refractivity contribution in [1.82, 2.24) is 0 Å². The molecule has 0 radical (unpaired) electrons. The van der Waals surface area contributed by atoms with Crippen molar-refractivity contribution < 1.29 is 32.6 Å². The van der Waals surface area contributed by atoms with Crippen LogP contribution in [0.1, 0.15) is 0 Å². The Bertz CT molecular complexity index is 1010. The number of nitrogens with one attached hydrogen (secondary N) is 1. The van der Waals surface area contributed by atoms with E-state index in [4.69, 9.17) is 9.47 Å². The maximum Gasteiger partial charge on any atom is 0.387 e. The van der Waals surface area contributed by atoms with Crippen molar-refractivity contribution in [3.63, 3.8) is 0 Å². The zero-order valence-corrected chi connectivity index (χ0v) is 15.1. The van der Waals surface area contributed by atoms with Gasteiger partial charge in [-0.25, -0.2) is 4.79 Å². The van der Waals surface area contributed by atoms with Crippen molar-refractivity contribution in [2.24, 2.45) is 0 Å². The van der Waals surface area contributed by atoms with Crippen molar-refractivity contribution >= 4 is 28.3 Å². The predicted molar refractivity (Wildman–Crippen MR) is 102 cm³/mol. The van der Waals surface area contributed by atoms with E-state index in [1.807, 2.05) is 30.3 Å². The average Bonchev–Trinajstić information content (AvgIpc) is 2.71. The van der Waals surface area contributed by atoms with Gasteiger partial charge in [-0.3, -0.25) is 4.79 Å². The van der Waals surface area contributed by atoms with E-state index >= 15 is 0 Å². The standard InChI is InChI=1S/C21H17F2NO5/c22-21(23)29-18-8-4-3-7-17(18)24-19(25)12-28-20(26)13-27-16-10-9-14-5-1-2-6-15(14)11-16/h1-11,21H,12-13H2,(H,24,25). The monoisotopic (exact) mass is 401 g/mol. The molecule has 3 aromatic rings. The van der Waals surface area contributed by atoms with Crippen LogP contribution in [0, 0.1) is 0 Å². The van der Waals surface area contributed by atoms with Crippen LogP contribution in [0.3, 0.4) is 0 Å². The largest absolute Gasteiger partial charge is 0.482 e. The van der Waals surface area contributed by atoms with Gasteiger partial charge in [0.25, 0.3) is 5.91 Å². The smallest absolute Gasteiger partial charge is 0.387 e. The fraction of sp³-hybridized carbons (Fsp3) is 0.143. The molecule has 0 aliphatic rings. The molecule has 3 aromatic carbocycles. The number of hydrogen-bond donors (Lipinski definition) is 1. The number of anilines is 1. The van der Waals surface area contributed by atoms with Crippen molar-refractivity contribution in [1.29, 1.82) is 0 Å². The first-order valence-corrected chi connectivity index (χ1v) is 8.62. The molecule has 0 unspecified atom stereocenters. The zero-order chi connectivity index (χ0) is 20.6. The third kappa shape index (κ3) is 5.90. The van der Waals surface area contributed by atoms with E-state index in [-0.39, 0.29) is 18.0 Å². The molecule has 0 heterocycles. The van der Waals surface area contributed by atoms with Crippen molar-refractivity contribution in [3.8, 4) is 11.5 Å². The summed E-state index contributed by atoms with van der Waals surface area (Å²) >= 11 is 0. The molecule has 0 aliphatic carbocycles. The second kappa shape index (κ2) is 9.50. The lowest BCUT2D eigenvalue weighted by molar-refractivity contribution is -0.149. The molecule has 0 aromatic heterocycles. The molecule has 0 atom stereocenters. The van der Waals surface area contributed by atoms with Crippen LogP contribution in [-0.4, -0.2) is 31.7 Å². The van der Waals surface area contributed by atoms with Crippen molar-refractivity contribution in [2.45, 2.75) is 6.61 Å². The number of ether oxygens (including phenoxy) is 3. The van der Waals surface area contributed by atoms with Gasteiger partial charge in [0.05, 0.1) is 5.69 Å². The fourth-order valence-corrected chi connectivity index (χ4v) is 2.54. The van der Waals surface area contributed by atoms with Crippen LogP contribution in [0.25, 0.3) is 10.8 Å². The molecule has 1 N–H and O–H groups in total. The number of amides is 1. The van der Waals surface area contributed by atoms with E-state index in [0.717, 1.165) is 10.8 Å². The number of rotatable bonds is 8. The van der Waals surface area contributed by atoms with Crippen LogP contribution in [-0.2, 0) is 14.3 Å².